The normalized spacial score (nSPS) is 11.2. The molecule has 1 aromatic carbocycles. The Morgan fingerprint density at radius 2 is 2.22 bits per heavy atom. The van der Waals surface area contributed by atoms with Crippen molar-refractivity contribution in [2.45, 2.75) is 19.3 Å². The Bertz CT molecular complexity index is 673. The maximum Gasteiger partial charge on any atom is 0.156 e. The molecule has 0 aliphatic carbocycles. The van der Waals surface area contributed by atoms with E-state index in [1.54, 1.807) is 6.20 Å². The Kier molecular flexibility index (Phi) is 2.80. The van der Waals surface area contributed by atoms with E-state index < -0.39 is 0 Å². The average molecular weight is 262 g/mol. The third kappa shape index (κ3) is 1.88. The zero-order valence-corrected chi connectivity index (χ0v) is 10.7. The Labute approximate surface area is 109 Å². The van der Waals surface area contributed by atoms with Crippen molar-refractivity contribution in [1.82, 2.24) is 14.7 Å². The van der Waals surface area contributed by atoms with Crippen molar-refractivity contribution in [3.63, 3.8) is 0 Å². The van der Waals surface area contributed by atoms with Crippen LogP contribution in [0.3, 0.4) is 0 Å². The summed E-state index contributed by atoms with van der Waals surface area (Å²) in [5.74, 6) is 2.01. The molecule has 0 fully saturated rings. The molecule has 0 saturated heterocycles. The third-order valence-electron chi connectivity index (χ3n) is 2.91. The van der Waals surface area contributed by atoms with Crippen LogP contribution in [-0.4, -0.2) is 14.7 Å². The molecular weight excluding hydrogens is 250 g/mol. The van der Waals surface area contributed by atoms with E-state index in [0.29, 0.717) is 12.4 Å². The smallest absolute Gasteiger partial charge is 0.156 e. The van der Waals surface area contributed by atoms with Gasteiger partial charge in [0.1, 0.15) is 5.82 Å². The molecule has 18 heavy (non-hydrogen) atoms. The maximum atomic E-state index is 5.95. The van der Waals surface area contributed by atoms with Gasteiger partial charge in [-0.25, -0.2) is 4.98 Å². The van der Waals surface area contributed by atoms with E-state index in [1.165, 1.54) is 5.56 Å². The summed E-state index contributed by atoms with van der Waals surface area (Å²) in [7, 11) is 0. The maximum absolute atomic E-state index is 5.95. The van der Waals surface area contributed by atoms with Gasteiger partial charge in [-0.2, -0.15) is 0 Å². The Hall–Kier alpha value is -1.81. The standard InChI is InChI=1S/C13H12ClN3O/c1-9-2-3-12-11(6-9)16-13(7-14)17(12)8-10-4-5-15-18-10/h2-6H,7-8H2,1H3. The van der Waals surface area contributed by atoms with Crippen LogP contribution >= 0.6 is 11.6 Å². The summed E-state index contributed by atoms with van der Waals surface area (Å²) in [6.07, 6.45) is 1.64. The van der Waals surface area contributed by atoms with Gasteiger partial charge in [0.25, 0.3) is 0 Å². The van der Waals surface area contributed by atoms with Crippen LogP contribution in [0.15, 0.2) is 35.0 Å². The number of imidazole rings is 1. The highest BCUT2D eigenvalue weighted by Gasteiger charge is 2.11. The van der Waals surface area contributed by atoms with Crippen LogP contribution in [0.5, 0.6) is 0 Å². The summed E-state index contributed by atoms with van der Waals surface area (Å²) >= 11 is 5.95. The van der Waals surface area contributed by atoms with Gasteiger partial charge in [0.05, 0.1) is 29.7 Å². The van der Waals surface area contributed by atoms with Gasteiger partial charge in [0.2, 0.25) is 0 Å². The topological polar surface area (TPSA) is 43.9 Å². The lowest BCUT2D eigenvalue weighted by Gasteiger charge is -2.04. The fraction of sp³-hybridized carbons (Fsp3) is 0.231. The SMILES string of the molecule is Cc1ccc2c(c1)nc(CCl)n2Cc1ccno1. The molecule has 3 aromatic rings. The first kappa shape index (κ1) is 11.3. The second-order valence-electron chi connectivity index (χ2n) is 4.22. The van der Waals surface area contributed by atoms with Gasteiger partial charge in [0, 0.05) is 6.07 Å². The summed E-state index contributed by atoms with van der Waals surface area (Å²) in [5, 5.41) is 3.71. The quantitative estimate of drug-likeness (QED) is 0.681. The number of hydrogen-bond acceptors (Lipinski definition) is 3. The Morgan fingerprint density at radius 1 is 1.33 bits per heavy atom. The molecule has 0 bridgehead atoms. The van der Waals surface area contributed by atoms with Gasteiger partial charge in [-0.05, 0) is 24.6 Å². The highest BCUT2D eigenvalue weighted by Crippen LogP contribution is 2.20. The van der Waals surface area contributed by atoms with Crippen LogP contribution in [-0.2, 0) is 12.4 Å². The molecule has 0 aliphatic heterocycles. The van der Waals surface area contributed by atoms with Crippen LogP contribution in [0.2, 0.25) is 0 Å². The summed E-state index contributed by atoms with van der Waals surface area (Å²) in [5.41, 5.74) is 3.21. The molecule has 0 unspecified atom stereocenters. The molecule has 0 N–H and O–H groups in total. The lowest BCUT2D eigenvalue weighted by atomic mass is 10.2. The largest absolute Gasteiger partial charge is 0.359 e. The first-order chi connectivity index (χ1) is 8.78. The van der Waals surface area contributed by atoms with Crippen molar-refractivity contribution in [2.24, 2.45) is 0 Å². The number of rotatable bonds is 3. The second kappa shape index (κ2) is 4.46. The average Bonchev–Trinajstić information content (AvgIpc) is 2.97. The predicted molar refractivity (Wildman–Crippen MR) is 69.6 cm³/mol. The number of nitrogens with zero attached hydrogens (tertiary/aromatic N) is 3. The molecule has 0 radical (unpaired) electrons. The fourth-order valence-electron chi connectivity index (χ4n) is 2.05. The minimum absolute atomic E-state index is 0.377. The third-order valence-corrected chi connectivity index (χ3v) is 3.15. The second-order valence-corrected chi connectivity index (χ2v) is 4.49. The summed E-state index contributed by atoms with van der Waals surface area (Å²) in [4.78, 5) is 4.54. The Balaban J connectivity index is 2.13. The lowest BCUT2D eigenvalue weighted by molar-refractivity contribution is 0.376. The van der Waals surface area contributed by atoms with Crippen LogP contribution in [0.1, 0.15) is 17.1 Å². The minimum Gasteiger partial charge on any atom is -0.359 e. The number of hydrogen-bond donors (Lipinski definition) is 0. The van der Waals surface area contributed by atoms with E-state index in [0.717, 1.165) is 22.6 Å². The van der Waals surface area contributed by atoms with E-state index >= 15 is 0 Å². The number of aromatic nitrogens is 3. The zero-order valence-electron chi connectivity index (χ0n) is 9.93. The van der Waals surface area contributed by atoms with E-state index in [1.807, 2.05) is 6.07 Å². The van der Waals surface area contributed by atoms with E-state index in [4.69, 9.17) is 16.1 Å². The summed E-state index contributed by atoms with van der Waals surface area (Å²) in [6.45, 7) is 2.65. The molecule has 2 heterocycles. The summed E-state index contributed by atoms with van der Waals surface area (Å²) in [6, 6.07) is 8.03. The van der Waals surface area contributed by atoms with Gasteiger partial charge < -0.3 is 9.09 Å². The molecule has 2 aromatic heterocycles. The van der Waals surface area contributed by atoms with Gasteiger partial charge >= 0.3 is 0 Å². The highest BCUT2D eigenvalue weighted by molar-refractivity contribution is 6.16. The monoisotopic (exact) mass is 261 g/mol. The molecule has 0 atom stereocenters. The van der Waals surface area contributed by atoms with Crippen molar-refractivity contribution >= 4 is 22.6 Å². The van der Waals surface area contributed by atoms with Gasteiger partial charge in [-0.1, -0.05) is 11.2 Å². The molecule has 0 amide bonds. The summed E-state index contributed by atoms with van der Waals surface area (Å²) < 4.78 is 7.20. The zero-order chi connectivity index (χ0) is 12.5. The highest BCUT2D eigenvalue weighted by atomic mass is 35.5. The fourth-order valence-corrected chi connectivity index (χ4v) is 2.25. The first-order valence-electron chi connectivity index (χ1n) is 5.69. The van der Waals surface area contributed by atoms with E-state index in [-0.39, 0.29) is 0 Å². The van der Waals surface area contributed by atoms with E-state index in [9.17, 15) is 0 Å². The van der Waals surface area contributed by atoms with Crippen LogP contribution in [0.4, 0.5) is 0 Å². The number of aryl methyl sites for hydroxylation is 1. The van der Waals surface area contributed by atoms with Crippen LogP contribution < -0.4 is 0 Å². The van der Waals surface area contributed by atoms with Crippen LogP contribution in [0.25, 0.3) is 11.0 Å². The van der Waals surface area contributed by atoms with Crippen molar-refractivity contribution in [2.75, 3.05) is 0 Å². The van der Waals surface area contributed by atoms with Crippen molar-refractivity contribution < 1.29 is 4.52 Å². The van der Waals surface area contributed by atoms with E-state index in [2.05, 4.69) is 39.8 Å². The predicted octanol–water partition coefficient (Wildman–Crippen LogP) is 3.12. The van der Waals surface area contributed by atoms with Crippen molar-refractivity contribution in [3.05, 3.63) is 47.6 Å². The molecule has 5 heteroatoms. The van der Waals surface area contributed by atoms with Gasteiger partial charge in [-0.15, -0.1) is 11.6 Å². The lowest BCUT2D eigenvalue weighted by Crippen LogP contribution is -2.02. The minimum atomic E-state index is 0.377. The molecule has 0 spiro atoms. The van der Waals surface area contributed by atoms with Crippen molar-refractivity contribution in [3.8, 4) is 0 Å². The molecule has 0 aliphatic rings. The number of alkyl halides is 1. The van der Waals surface area contributed by atoms with Gasteiger partial charge in [0.15, 0.2) is 5.76 Å². The number of halogens is 1. The number of benzene rings is 1. The molecule has 3 rings (SSSR count). The molecule has 0 saturated carbocycles. The van der Waals surface area contributed by atoms with Crippen LogP contribution in [0, 0.1) is 6.92 Å². The number of fused-ring (bicyclic) bond motifs is 1. The molecular formula is C13H12ClN3O. The van der Waals surface area contributed by atoms with Gasteiger partial charge in [-0.3, -0.25) is 0 Å². The Morgan fingerprint density at radius 3 is 2.94 bits per heavy atom. The first-order valence-corrected chi connectivity index (χ1v) is 6.22. The van der Waals surface area contributed by atoms with Crippen molar-refractivity contribution in [1.29, 1.82) is 0 Å². The molecule has 4 nitrogen and oxygen atoms in total. The molecule has 92 valence electrons.